The predicted octanol–water partition coefficient (Wildman–Crippen LogP) is 1.54. The van der Waals surface area contributed by atoms with Gasteiger partial charge >= 0.3 is 5.97 Å². The van der Waals surface area contributed by atoms with E-state index in [2.05, 4.69) is 0 Å². The lowest BCUT2D eigenvalue weighted by atomic mass is 10.3. The number of amides is 1. The van der Waals surface area contributed by atoms with Crippen molar-refractivity contribution in [1.82, 2.24) is 4.90 Å². The van der Waals surface area contributed by atoms with E-state index in [0.717, 1.165) is 12.8 Å². The molecule has 0 unspecified atom stereocenters. The number of aliphatic carboxylic acids is 1. The zero-order chi connectivity index (χ0) is 15.2. The number of hydrogen-bond acceptors (Lipinski definition) is 4. The first-order chi connectivity index (χ1) is 10.1. The highest BCUT2D eigenvalue weighted by molar-refractivity contribution is 5.79. The number of benzene rings is 1. The summed E-state index contributed by atoms with van der Waals surface area (Å²) < 4.78 is 10.6. The highest BCUT2D eigenvalue weighted by Gasteiger charge is 2.32. The molecule has 1 N–H and O–H groups in total. The smallest absolute Gasteiger partial charge is 0.305 e. The van der Waals surface area contributed by atoms with Gasteiger partial charge in [0, 0.05) is 12.6 Å². The van der Waals surface area contributed by atoms with Crippen molar-refractivity contribution in [1.29, 1.82) is 0 Å². The molecule has 0 spiro atoms. The lowest BCUT2D eigenvalue weighted by molar-refractivity contribution is -0.139. The Kier molecular flexibility index (Phi) is 5.03. The fraction of sp³-hybridized carbons (Fsp3) is 0.467. The van der Waals surface area contributed by atoms with E-state index in [1.165, 1.54) is 7.11 Å². The third kappa shape index (κ3) is 4.37. The van der Waals surface area contributed by atoms with E-state index < -0.39 is 5.97 Å². The highest BCUT2D eigenvalue weighted by atomic mass is 16.5. The maximum Gasteiger partial charge on any atom is 0.305 e. The molecule has 1 fully saturated rings. The third-order valence-electron chi connectivity index (χ3n) is 3.29. The fourth-order valence-electron chi connectivity index (χ4n) is 2.07. The van der Waals surface area contributed by atoms with Gasteiger partial charge in [-0.3, -0.25) is 9.59 Å². The molecule has 1 aromatic carbocycles. The normalized spacial score (nSPS) is 13.6. The number of carboxylic acid groups (broad SMARTS) is 1. The van der Waals surface area contributed by atoms with Gasteiger partial charge in [-0.05, 0) is 25.0 Å². The molecule has 0 bridgehead atoms. The van der Waals surface area contributed by atoms with Crippen molar-refractivity contribution in [3.05, 3.63) is 24.3 Å². The Hall–Kier alpha value is -2.24. The predicted molar refractivity (Wildman–Crippen MR) is 75.5 cm³/mol. The summed E-state index contributed by atoms with van der Waals surface area (Å²) in [4.78, 5) is 24.4. The van der Waals surface area contributed by atoms with Crippen LogP contribution in [0, 0.1) is 0 Å². The number of methoxy groups -OCH3 is 1. The van der Waals surface area contributed by atoms with Gasteiger partial charge in [0.05, 0.1) is 13.5 Å². The number of carbonyl (C=O) groups is 2. The molecule has 2 rings (SSSR count). The molecule has 1 saturated carbocycles. The van der Waals surface area contributed by atoms with Gasteiger partial charge in [0.15, 0.2) is 18.1 Å². The van der Waals surface area contributed by atoms with Crippen molar-refractivity contribution < 1.29 is 24.2 Å². The third-order valence-corrected chi connectivity index (χ3v) is 3.29. The second kappa shape index (κ2) is 6.97. The second-order valence-corrected chi connectivity index (χ2v) is 4.90. The Morgan fingerprint density at radius 2 is 1.95 bits per heavy atom. The van der Waals surface area contributed by atoms with E-state index in [-0.39, 0.29) is 31.5 Å². The van der Waals surface area contributed by atoms with Gasteiger partial charge in [-0.2, -0.15) is 0 Å². The molecule has 114 valence electrons. The number of nitrogens with zero attached hydrogens (tertiary/aromatic N) is 1. The first-order valence-electron chi connectivity index (χ1n) is 6.89. The van der Waals surface area contributed by atoms with Crippen molar-refractivity contribution in [2.24, 2.45) is 0 Å². The zero-order valence-electron chi connectivity index (χ0n) is 11.9. The van der Waals surface area contributed by atoms with Gasteiger partial charge < -0.3 is 19.5 Å². The van der Waals surface area contributed by atoms with Gasteiger partial charge in [0.1, 0.15) is 0 Å². The maximum absolute atomic E-state index is 12.2. The first kappa shape index (κ1) is 15.2. The van der Waals surface area contributed by atoms with Crippen molar-refractivity contribution in [2.45, 2.75) is 25.3 Å². The zero-order valence-corrected chi connectivity index (χ0v) is 11.9. The SMILES string of the molecule is COc1ccccc1OCC(=O)N(CCC(=O)O)C1CC1. The summed E-state index contributed by atoms with van der Waals surface area (Å²) in [5.41, 5.74) is 0. The van der Waals surface area contributed by atoms with Crippen LogP contribution in [0.2, 0.25) is 0 Å². The molecular weight excluding hydrogens is 274 g/mol. The molecule has 1 aromatic rings. The Balaban J connectivity index is 1.91. The average Bonchev–Trinajstić information content (AvgIpc) is 3.30. The van der Waals surface area contributed by atoms with Crippen molar-refractivity contribution in [2.75, 3.05) is 20.3 Å². The van der Waals surface area contributed by atoms with Gasteiger partial charge in [-0.15, -0.1) is 0 Å². The van der Waals surface area contributed by atoms with Gasteiger partial charge in [-0.1, -0.05) is 12.1 Å². The summed E-state index contributed by atoms with van der Waals surface area (Å²) in [5, 5.41) is 8.74. The second-order valence-electron chi connectivity index (χ2n) is 4.90. The lowest BCUT2D eigenvalue weighted by Gasteiger charge is -2.22. The molecule has 0 radical (unpaired) electrons. The standard InChI is InChI=1S/C15H19NO5/c1-20-12-4-2-3-5-13(12)21-10-14(17)16(11-6-7-11)9-8-15(18)19/h2-5,11H,6-10H2,1H3,(H,18,19). The minimum Gasteiger partial charge on any atom is -0.493 e. The molecule has 0 saturated heterocycles. The molecule has 6 nitrogen and oxygen atoms in total. The van der Waals surface area contributed by atoms with Crippen LogP contribution >= 0.6 is 0 Å². The van der Waals surface area contributed by atoms with Crippen LogP contribution in [0.4, 0.5) is 0 Å². The summed E-state index contributed by atoms with van der Waals surface area (Å²) in [7, 11) is 1.54. The molecule has 21 heavy (non-hydrogen) atoms. The highest BCUT2D eigenvalue weighted by Crippen LogP contribution is 2.28. The van der Waals surface area contributed by atoms with Gasteiger partial charge in [0.25, 0.3) is 5.91 Å². The first-order valence-corrected chi connectivity index (χ1v) is 6.89. The Morgan fingerprint density at radius 1 is 1.29 bits per heavy atom. The summed E-state index contributed by atoms with van der Waals surface area (Å²) >= 11 is 0. The molecule has 0 atom stereocenters. The molecule has 0 heterocycles. The largest absolute Gasteiger partial charge is 0.493 e. The van der Waals surface area contributed by atoms with E-state index >= 15 is 0 Å². The van der Waals surface area contributed by atoms with Gasteiger partial charge in [-0.25, -0.2) is 0 Å². The van der Waals surface area contributed by atoms with Crippen LogP contribution in [0.1, 0.15) is 19.3 Å². The minimum atomic E-state index is -0.904. The van der Waals surface area contributed by atoms with E-state index in [9.17, 15) is 9.59 Å². The molecule has 1 amide bonds. The maximum atomic E-state index is 12.2. The van der Waals surface area contributed by atoms with Crippen molar-refractivity contribution in [3.8, 4) is 11.5 Å². The summed E-state index contributed by atoms with van der Waals surface area (Å²) in [6.07, 6.45) is 1.82. The Labute approximate surface area is 123 Å². The topological polar surface area (TPSA) is 76.1 Å². The number of carbonyl (C=O) groups excluding carboxylic acids is 1. The van der Waals surface area contributed by atoms with Crippen LogP contribution in [0.15, 0.2) is 24.3 Å². The summed E-state index contributed by atoms with van der Waals surface area (Å²) in [6, 6.07) is 7.26. The van der Waals surface area contributed by atoms with Crippen molar-refractivity contribution >= 4 is 11.9 Å². The minimum absolute atomic E-state index is 0.0447. The van der Waals surface area contributed by atoms with Crippen LogP contribution in [-0.2, 0) is 9.59 Å². The van der Waals surface area contributed by atoms with E-state index in [4.69, 9.17) is 14.6 Å². The molecule has 1 aliphatic carbocycles. The molecule has 6 heteroatoms. The summed E-state index contributed by atoms with van der Waals surface area (Å²) in [6.45, 7) is 0.116. The van der Waals surface area contributed by atoms with Crippen LogP contribution in [0.5, 0.6) is 11.5 Å². The average molecular weight is 293 g/mol. The number of hydrogen-bond donors (Lipinski definition) is 1. The van der Waals surface area contributed by atoms with Gasteiger partial charge in [0.2, 0.25) is 0 Å². The Morgan fingerprint density at radius 3 is 2.52 bits per heavy atom. The number of para-hydroxylation sites is 2. The number of ether oxygens (including phenoxy) is 2. The number of carboxylic acids is 1. The van der Waals surface area contributed by atoms with E-state index in [1.54, 1.807) is 23.1 Å². The lowest BCUT2D eigenvalue weighted by Crippen LogP contribution is -2.38. The van der Waals surface area contributed by atoms with Crippen LogP contribution < -0.4 is 9.47 Å². The van der Waals surface area contributed by atoms with Crippen LogP contribution in [-0.4, -0.2) is 48.2 Å². The quantitative estimate of drug-likeness (QED) is 0.787. The molecule has 0 aromatic heterocycles. The van der Waals surface area contributed by atoms with E-state index in [0.29, 0.717) is 11.5 Å². The molecule has 0 aliphatic heterocycles. The monoisotopic (exact) mass is 293 g/mol. The molecular formula is C15H19NO5. The Bertz CT molecular complexity index is 513. The van der Waals surface area contributed by atoms with E-state index in [1.807, 2.05) is 6.07 Å². The number of rotatable bonds is 8. The summed E-state index contributed by atoms with van der Waals surface area (Å²) in [5.74, 6) is -0.0279. The van der Waals surface area contributed by atoms with Crippen LogP contribution in [0.3, 0.4) is 0 Å². The van der Waals surface area contributed by atoms with Crippen LogP contribution in [0.25, 0.3) is 0 Å². The van der Waals surface area contributed by atoms with Crippen molar-refractivity contribution in [3.63, 3.8) is 0 Å². The molecule has 1 aliphatic rings. The fourth-order valence-corrected chi connectivity index (χ4v) is 2.07.